The number of piperidine rings is 1. The number of fused-ring (bicyclic) bond motifs is 1. The normalized spacial score (nSPS) is 18.3. The van der Waals surface area contributed by atoms with Crippen molar-refractivity contribution in [2.45, 2.75) is 49.6 Å². The van der Waals surface area contributed by atoms with Crippen molar-refractivity contribution < 1.29 is 26.4 Å². The van der Waals surface area contributed by atoms with Crippen LogP contribution in [0.3, 0.4) is 0 Å². The number of sulfonamides is 1. The molecule has 1 amide bonds. The molecule has 0 N–H and O–H groups in total. The lowest BCUT2D eigenvalue weighted by atomic mass is 9.90. The molecule has 2 aliphatic rings. The molecule has 2 fully saturated rings. The number of nitrogens with zero attached hydrogens (tertiary/aromatic N) is 4. The Labute approximate surface area is 207 Å². The van der Waals surface area contributed by atoms with Gasteiger partial charge in [0.1, 0.15) is 0 Å². The monoisotopic (exact) mass is 520 g/mol. The highest BCUT2D eigenvalue weighted by Crippen LogP contribution is 2.36. The number of hydrogen-bond acceptors (Lipinski definition) is 4. The van der Waals surface area contributed by atoms with Crippen molar-refractivity contribution in [2.75, 3.05) is 26.2 Å². The number of hydrogen-bond donors (Lipinski definition) is 0. The van der Waals surface area contributed by atoms with E-state index in [0.29, 0.717) is 39.0 Å². The highest BCUT2D eigenvalue weighted by Gasteiger charge is 2.42. The molecule has 0 spiro atoms. The van der Waals surface area contributed by atoms with E-state index in [1.54, 1.807) is 36.4 Å². The van der Waals surface area contributed by atoms with Crippen LogP contribution in [0.25, 0.3) is 5.52 Å². The summed E-state index contributed by atoms with van der Waals surface area (Å²) in [7, 11) is -3.62. The predicted molar refractivity (Wildman–Crippen MR) is 127 cm³/mol. The van der Waals surface area contributed by atoms with E-state index >= 15 is 0 Å². The smallest absolute Gasteiger partial charge is 0.339 e. The molecule has 4 heterocycles. The molecule has 0 unspecified atom stereocenters. The van der Waals surface area contributed by atoms with Gasteiger partial charge in [0, 0.05) is 32.4 Å². The van der Waals surface area contributed by atoms with E-state index in [1.807, 2.05) is 6.92 Å². The van der Waals surface area contributed by atoms with Gasteiger partial charge in [0.25, 0.3) is 5.91 Å². The summed E-state index contributed by atoms with van der Waals surface area (Å²) in [6, 6.07) is 10.0. The summed E-state index contributed by atoms with van der Waals surface area (Å²) in [6.07, 6.45) is -0.722. The van der Waals surface area contributed by atoms with Gasteiger partial charge in [0.15, 0.2) is 5.69 Å². The van der Waals surface area contributed by atoms with E-state index in [4.69, 9.17) is 0 Å². The fraction of sp³-hybridized carbons (Fsp3) is 0.440. The van der Waals surface area contributed by atoms with E-state index in [-0.39, 0.29) is 16.3 Å². The van der Waals surface area contributed by atoms with Crippen molar-refractivity contribution >= 4 is 21.4 Å². The molecular formula is C25H27F3N4O3S. The largest absolute Gasteiger partial charge is 0.436 e. The fourth-order valence-electron chi connectivity index (χ4n) is 5.09. The quantitative estimate of drug-likeness (QED) is 0.509. The van der Waals surface area contributed by atoms with Gasteiger partial charge in [-0.2, -0.15) is 22.6 Å². The van der Waals surface area contributed by atoms with Crippen LogP contribution in [0.15, 0.2) is 47.5 Å². The molecule has 11 heteroatoms. The molecule has 2 aliphatic heterocycles. The highest BCUT2D eigenvalue weighted by molar-refractivity contribution is 7.89. The molecule has 2 saturated heterocycles. The lowest BCUT2D eigenvalue weighted by molar-refractivity contribution is -0.141. The predicted octanol–water partition coefficient (Wildman–Crippen LogP) is 4.47. The summed E-state index contributed by atoms with van der Waals surface area (Å²) in [5.74, 6) is -0.690. The molecule has 0 aliphatic carbocycles. The third-order valence-electron chi connectivity index (χ3n) is 7.12. The summed E-state index contributed by atoms with van der Waals surface area (Å²) >= 11 is 0. The van der Waals surface area contributed by atoms with Gasteiger partial charge in [-0.1, -0.05) is 17.7 Å². The molecule has 5 rings (SSSR count). The minimum atomic E-state index is -4.76. The van der Waals surface area contributed by atoms with E-state index in [0.717, 1.165) is 28.5 Å². The Balaban J connectivity index is 1.42. The van der Waals surface area contributed by atoms with Crippen LogP contribution in [0.5, 0.6) is 0 Å². The number of likely N-dealkylation sites (tertiary alicyclic amines) is 1. The number of halogens is 3. The second kappa shape index (κ2) is 9.19. The Morgan fingerprint density at radius 3 is 2.25 bits per heavy atom. The first kappa shape index (κ1) is 24.8. The van der Waals surface area contributed by atoms with Crippen molar-refractivity contribution in [1.82, 2.24) is 18.8 Å². The number of pyridine rings is 1. The number of aryl methyl sites for hydroxylation is 1. The maximum atomic E-state index is 13.8. The van der Waals surface area contributed by atoms with E-state index in [1.165, 1.54) is 15.4 Å². The first-order chi connectivity index (χ1) is 17.1. The molecular weight excluding hydrogens is 493 g/mol. The Morgan fingerprint density at radius 2 is 1.64 bits per heavy atom. The summed E-state index contributed by atoms with van der Waals surface area (Å²) in [5.41, 5.74) is 0.297. The summed E-state index contributed by atoms with van der Waals surface area (Å²) in [4.78, 5) is 14.8. The lowest BCUT2D eigenvalue weighted by Gasteiger charge is -2.31. The van der Waals surface area contributed by atoms with Crippen LogP contribution in [0.2, 0.25) is 0 Å². The Hall–Kier alpha value is -2.92. The van der Waals surface area contributed by atoms with Gasteiger partial charge in [-0.15, -0.1) is 0 Å². The van der Waals surface area contributed by atoms with Gasteiger partial charge in [0.05, 0.1) is 16.0 Å². The van der Waals surface area contributed by atoms with Crippen LogP contribution in [-0.4, -0.2) is 59.3 Å². The summed E-state index contributed by atoms with van der Waals surface area (Å²) < 4.78 is 70.0. The number of alkyl halides is 3. The number of benzene rings is 1. The Kier molecular flexibility index (Phi) is 6.32. The van der Waals surface area contributed by atoms with E-state index < -0.39 is 33.4 Å². The van der Waals surface area contributed by atoms with Crippen molar-refractivity contribution in [1.29, 1.82) is 0 Å². The van der Waals surface area contributed by atoms with Crippen molar-refractivity contribution in [3.8, 4) is 0 Å². The van der Waals surface area contributed by atoms with E-state index in [9.17, 15) is 26.4 Å². The molecule has 0 saturated carbocycles. The highest BCUT2D eigenvalue weighted by atomic mass is 32.2. The summed E-state index contributed by atoms with van der Waals surface area (Å²) in [5, 5.41) is 3.70. The number of aromatic nitrogens is 2. The first-order valence-corrected chi connectivity index (χ1v) is 13.5. The zero-order valence-corrected chi connectivity index (χ0v) is 20.6. The average Bonchev–Trinajstić information content (AvgIpc) is 3.52. The first-order valence-electron chi connectivity index (χ1n) is 12.0. The summed E-state index contributed by atoms with van der Waals surface area (Å²) in [6.45, 7) is 3.36. The van der Waals surface area contributed by atoms with Crippen LogP contribution in [0, 0.1) is 6.92 Å². The molecule has 0 bridgehead atoms. The number of rotatable bonds is 4. The molecule has 7 nitrogen and oxygen atoms in total. The van der Waals surface area contributed by atoms with Crippen molar-refractivity contribution in [2.24, 2.45) is 0 Å². The van der Waals surface area contributed by atoms with Crippen LogP contribution in [-0.2, 0) is 16.2 Å². The number of carbonyl (C=O) groups excluding carboxylic acids is 1. The molecule has 3 aromatic rings. The van der Waals surface area contributed by atoms with Gasteiger partial charge in [-0.25, -0.2) is 12.9 Å². The molecule has 2 aromatic heterocycles. The number of carbonyl (C=O) groups is 1. The molecule has 192 valence electrons. The zero-order chi connectivity index (χ0) is 25.7. The Bertz CT molecular complexity index is 1390. The van der Waals surface area contributed by atoms with E-state index in [2.05, 4.69) is 5.10 Å². The lowest BCUT2D eigenvalue weighted by Crippen LogP contribution is -2.37. The van der Waals surface area contributed by atoms with Crippen LogP contribution in [0.1, 0.15) is 58.8 Å². The minimum absolute atomic E-state index is 0.0431. The van der Waals surface area contributed by atoms with Gasteiger partial charge in [-0.3, -0.25) is 4.79 Å². The topological polar surface area (TPSA) is 75.0 Å². The second-order valence-corrected chi connectivity index (χ2v) is 11.4. The number of amides is 1. The molecule has 0 radical (unpaired) electrons. The third kappa shape index (κ3) is 4.50. The molecule has 36 heavy (non-hydrogen) atoms. The average molecular weight is 521 g/mol. The third-order valence-corrected chi connectivity index (χ3v) is 9.03. The van der Waals surface area contributed by atoms with Crippen molar-refractivity contribution in [3.63, 3.8) is 0 Å². The van der Waals surface area contributed by atoms with Crippen molar-refractivity contribution in [3.05, 3.63) is 65.0 Å². The standard InChI is InChI=1S/C25H27F3N4O3S/c1-17-4-6-20(7-5-17)36(34,35)31-13-8-18(9-14-31)19-10-15-32-21(16-19)22(23(29-32)25(26,27)28)24(33)30-11-2-3-12-30/h4-7,10,15-16,18H,2-3,8-9,11-14H2,1H3. The van der Waals surface area contributed by atoms with Crippen LogP contribution < -0.4 is 0 Å². The van der Waals surface area contributed by atoms with Gasteiger partial charge in [-0.05, 0) is 68.4 Å². The molecule has 0 atom stereocenters. The van der Waals surface area contributed by atoms with Gasteiger partial charge in [0.2, 0.25) is 10.0 Å². The minimum Gasteiger partial charge on any atom is -0.339 e. The van der Waals surface area contributed by atoms with Crippen LogP contribution in [0.4, 0.5) is 13.2 Å². The maximum Gasteiger partial charge on any atom is 0.436 e. The second-order valence-electron chi connectivity index (χ2n) is 9.50. The zero-order valence-electron chi connectivity index (χ0n) is 19.8. The SMILES string of the molecule is Cc1ccc(S(=O)(=O)N2CCC(c3ccn4nc(C(F)(F)F)c(C(=O)N5CCCC5)c4c3)CC2)cc1. The Morgan fingerprint density at radius 1 is 1.00 bits per heavy atom. The van der Waals surface area contributed by atoms with Crippen LogP contribution >= 0.6 is 0 Å². The molecule has 1 aromatic carbocycles. The maximum absolute atomic E-state index is 13.8. The van der Waals surface area contributed by atoms with Gasteiger partial charge >= 0.3 is 6.18 Å². The van der Waals surface area contributed by atoms with Gasteiger partial charge < -0.3 is 4.90 Å². The fourth-order valence-corrected chi connectivity index (χ4v) is 6.56.